The third kappa shape index (κ3) is 4.17. The number of hydrogen-bond acceptors (Lipinski definition) is 7. The Balaban J connectivity index is 1.38. The molecule has 1 atom stereocenters. The van der Waals surface area contributed by atoms with Crippen LogP contribution in [0.25, 0.3) is 0 Å². The minimum absolute atomic E-state index is 0.0302. The Morgan fingerprint density at radius 1 is 1.10 bits per heavy atom. The van der Waals surface area contributed by atoms with E-state index in [0.29, 0.717) is 58.1 Å². The molecule has 0 N–H and O–H groups in total. The molecule has 0 aliphatic carbocycles. The zero-order chi connectivity index (χ0) is 21.1. The van der Waals surface area contributed by atoms with Crippen molar-refractivity contribution < 1.29 is 13.2 Å². The van der Waals surface area contributed by atoms with Gasteiger partial charge in [0.05, 0.1) is 12.2 Å². The van der Waals surface area contributed by atoms with Gasteiger partial charge in [-0.2, -0.15) is 4.31 Å². The van der Waals surface area contributed by atoms with Gasteiger partial charge in [0.1, 0.15) is 0 Å². The molecule has 0 spiro atoms. The average Bonchev–Trinajstić information content (AvgIpc) is 3.30. The maximum atomic E-state index is 13.1. The first-order valence-electron chi connectivity index (χ1n) is 10.3. The maximum Gasteiger partial charge on any atom is 0.262 e. The standard InChI is InChI=1S/C19H27N7O3S/c1-2-23-14-17(22-15-23)30(28,29)26-8-3-5-16(13-26)18(27)24-9-11-25(12-10-24)19-20-6-4-7-21-19/h4,6-7,14-16H,2-3,5,8-13H2,1H3. The lowest BCUT2D eigenvalue weighted by atomic mass is 9.98. The lowest BCUT2D eigenvalue weighted by Crippen LogP contribution is -2.53. The number of nitrogens with zero attached hydrogens (tertiary/aromatic N) is 7. The molecule has 4 heterocycles. The van der Waals surface area contributed by atoms with Crippen molar-refractivity contribution in [2.45, 2.75) is 31.3 Å². The number of hydrogen-bond donors (Lipinski definition) is 0. The monoisotopic (exact) mass is 433 g/mol. The van der Waals surface area contributed by atoms with E-state index in [-0.39, 0.29) is 23.4 Å². The van der Waals surface area contributed by atoms with E-state index < -0.39 is 10.0 Å². The molecule has 0 bridgehead atoms. The van der Waals surface area contributed by atoms with Crippen LogP contribution in [0, 0.1) is 5.92 Å². The molecule has 2 aromatic rings. The molecule has 2 aliphatic heterocycles. The fourth-order valence-electron chi connectivity index (χ4n) is 3.98. The predicted molar refractivity (Wildman–Crippen MR) is 110 cm³/mol. The van der Waals surface area contributed by atoms with Crippen LogP contribution in [0.1, 0.15) is 19.8 Å². The van der Waals surface area contributed by atoms with Crippen LogP contribution in [0.15, 0.2) is 36.0 Å². The number of anilines is 1. The second-order valence-electron chi connectivity index (χ2n) is 7.61. The van der Waals surface area contributed by atoms with E-state index in [1.165, 1.54) is 10.6 Å². The molecule has 10 nitrogen and oxygen atoms in total. The van der Waals surface area contributed by atoms with Crippen LogP contribution in [0.5, 0.6) is 0 Å². The van der Waals surface area contributed by atoms with Gasteiger partial charge >= 0.3 is 0 Å². The summed E-state index contributed by atoms with van der Waals surface area (Å²) in [6, 6.07) is 1.78. The molecule has 2 saturated heterocycles. The molecular formula is C19H27N7O3S. The highest BCUT2D eigenvalue weighted by Gasteiger charge is 2.36. The molecule has 30 heavy (non-hydrogen) atoms. The van der Waals surface area contributed by atoms with Crippen LogP contribution < -0.4 is 4.90 Å². The highest BCUT2D eigenvalue weighted by atomic mass is 32.2. The van der Waals surface area contributed by atoms with E-state index in [2.05, 4.69) is 19.9 Å². The molecule has 11 heteroatoms. The number of aromatic nitrogens is 4. The number of carbonyl (C=O) groups is 1. The minimum atomic E-state index is -3.69. The Bertz CT molecular complexity index is 971. The van der Waals surface area contributed by atoms with Crippen LogP contribution in [0.4, 0.5) is 5.95 Å². The molecule has 162 valence electrons. The summed E-state index contributed by atoms with van der Waals surface area (Å²) in [6.45, 7) is 5.72. The number of carbonyl (C=O) groups excluding carboxylic acids is 1. The number of amides is 1. The van der Waals surface area contributed by atoms with Crippen molar-refractivity contribution in [2.75, 3.05) is 44.2 Å². The SMILES string of the molecule is CCn1cnc(S(=O)(=O)N2CCCC(C(=O)N3CCN(c4ncccn4)CC3)C2)c1. The van der Waals surface area contributed by atoms with Crippen molar-refractivity contribution >= 4 is 21.9 Å². The molecule has 1 unspecified atom stereocenters. The van der Waals surface area contributed by atoms with Crippen molar-refractivity contribution in [1.82, 2.24) is 28.7 Å². The topological polar surface area (TPSA) is 105 Å². The van der Waals surface area contributed by atoms with Crippen LogP contribution in [0.3, 0.4) is 0 Å². The van der Waals surface area contributed by atoms with Crippen molar-refractivity contribution in [3.05, 3.63) is 31.0 Å². The van der Waals surface area contributed by atoms with Gasteiger partial charge in [-0.25, -0.2) is 23.4 Å². The van der Waals surface area contributed by atoms with Crippen molar-refractivity contribution in [3.8, 4) is 0 Å². The van der Waals surface area contributed by atoms with Crippen LogP contribution >= 0.6 is 0 Å². The number of rotatable bonds is 5. The Labute approximate surface area is 176 Å². The third-order valence-electron chi connectivity index (χ3n) is 5.74. The Hall–Kier alpha value is -2.53. The van der Waals surface area contributed by atoms with Crippen molar-refractivity contribution in [3.63, 3.8) is 0 Å². The predicted octanol–water partition coefficient (Wildman–Crippen LogP) is 0.443. The Morgan fingerprint density at radius 3 is 2.50 bits per heavy atom. The van der Waals surface area contributed by atoms with E-state index in [0.717, 1.165) is 0 Å². The summed E-state index contributed by atoms with van der Waals surface area (Å²) in [7, 11) is -3.69. The molecule has 4 rings (SSSR count). The summed E-state index contributed by atoms with van der Waals surface area (Å²) in [5.41, 5.74) is 0. The fraction of sp³-hybridized carbons (Fsp3) is 0.579. The summed E-state index contributed by atoms with van der Waals surface area (Å²) < 4.78 is 29.1. The quantitative estimate of drug-likeness (QED) is 0.674. The van der Waals surface area contributed by atoms with Crippen molar-refractivity contribution in [2.24, 2.45) is 5.92 Å². The second-order valence-corrected chi connectivity index (χ2v) is 9.49. The van der Waals surface area contributed by atoms with E-state index in [9.17, 15) is 13.2 Å². The minimum Gasteiger partial charge on any atom is -0.339 e. The second kappa shape index (κ2) is 8.68. The number of aryl methyl sites for hydroxylation is 1. The van der Waals surface area contributed by atoms with Gasteiger partial charge in [-0.3, -0.25) is 4.79 Å². The smallest absolute Gasteiger partial charge is 0.262 e. The van der Waals surface area contributed by atoms with E-state index in [1.807, 2.05) is 11.8 Å². The molecule has 0 radical (unpaired) electrons. The van der Waals surface area contributed by atoms with Crippen LogP contribution in [0.2, 0.25) is 0 Å². The number of piperidine rings is 1. The summed E-state index contributed by atoms with van der Waals surface area (Å²) >= 11 is 0. The first-order valence-corrected chi connectivity index (χ1v) is 11.8. The first kappa shape index (κ1) is 20.7. The Morgan fingerprint density at radius 2 is 1.83 bits per heavy atom. The molecule has 2 fully saturated rings. The summed E-state index contributed by atoms with van der Waals surface area (Å²) in [4.78, 5) is 29.6. The number of imidazole rings is 1. The molecule has 0 saturated carbocycles. The van der Waals surface area contributed by atoms with Gasteiger partial charge in [-0.05, 0) is 25.8 Å². The summed E-state index contributed by atoms with van der Waals surface area (Å²) in [5.74, 6) is 0.384. The Kier molecular flexibility index (Phi) is 6.00. The fourth-order valence-corrected chi connectivity index (χ4v) is 5.44. The van der Waals surface area contributed by atoms with E-state index in [4.69, 9.17) is 0 Å². The number of sulfonamides is 1. The van der Waals surface area contributed by atoms with Gasteiger partial charge in [0.25, 0.3) is 10.0 Å². The summed E-state index contributed by atoms with van der Waals surface area (Å²) in [5, 5.41) is 0.0499. The van der Waals surface area contributed by atoms with Gasteiger partial charge in [-0.1, -0.05) is 0 Å². The van der Waals surface area contributed by atoms with E-state index in [1.54, 1.807) is 29.2 Å². The lowest BCUT2D eigenvalue weighted by Gasteiger charge is -2.38. The summed E-state index contributed by atoms with van der Waals surface area (Å²) in [6.07, 6.45) is 7.86. The highest BCUT2D eigenvalue weighted by Crippen LogP contribution is 2.25. The third-order valence-corrected chi connectivity index (χ3v) is 7.49. The van der Waals surface area contributed by atoms with Gasteiger partial charge in [0.2, 0.25) is 11.9 Å². The molecule has 2 aliphatic rings. The largest absolute Gasteiger partial charge is 0.339 e. The normalized spacial score (nSPS) is 21.0. The molecule has 0 aromatic carbocycles. The molecule has 2 aromatic heterocycles. The van der Waals surface area contributed by atoms with E-state index >= 15 is 0 Å². The number of piperazine rings is 1. The van der Waals surface area contributed by atoms with Gasteiger partial charge in [0, 0.05) is 64.4 Å². The molecule has 1 amide bonds. The highest BCUT2D eigenvalue weighted by molar-refractivity contribution is 7.89. The van der Waals surface area contributed by atoms with Gasteiger partial charge in [0.15, 0.2) is 5.03 Å². The first-order chi connectivity index (χ1) is 14.5. The lowest BCUT2D eigenvalue weighted by molar-refractivity contribution is -0.137. The zero-order valence-electron chi connectivity index (χ0n) is 17.1. The van der Waals surface area contributed by atoms with Crippen LogP contribution in [-0.2, 0) is 21.4 Å². The van der Waals surface area contributed by atoms with Crippen molar-refractivity contribution in [1.29, 1.82) is 0 Å². The van der Waals surface area contributed by atoms with Gasteiger partial charge in [-0.15, -0.1) is 0 Å². The van der Waals surface area contributed by atoms with Gasteiger partial charge < -0.3 is 14.4 Å². The maximum absolute atomic E-state index is 13.1. The van der Waals surface area contributed by atoms with Crippen LogP contribution in [-0.4, -0.2) is 82.3 Å². The molecular weight excluding hydrogens is 406 g/mol. The zero-order valence-corrected chi connectivity index (χ0v) is 17.9. The average molecular weight is 434 g/mol.